The van der Waals surface area contributed by atoms with Gasteiger partial charge in [-0.25, -0.2) is 17.6 Å². The molecule has 6 aromatic carbocycles. The molecule has 0 bridgehead atoms. The lowest BCUT2D eigenvalue weighted by molar-refractivity contribution is -0.172. The molecule has 32 heteroatoms. The van der Waals surface area contributed by atoms with Crippen molar-refractivity contribution in [1.29, 1.82) is 0 Å². The Balaban J connectivity index is 0.000000153. The van der Waals surface area contributed by atoms with Gasteiger partial charge in [0.2, 0.25) is 0 Å². The SMILES string of the molecule is C1CC2(CCN1)OCCO2.CC1(C)CB(c2ccc(F)cc2)OC1(C)C.Fc1ccc2oc3c(c2c1)CNCC3.NOc1ccc(F)cc1.O=C1c2ccccc2C(=O)N1O.O=C1c2ccccc2C(=O)N1Oc1ccc(F)cc1.PPP(P)P(P(P)P)P(P)P. The molecule has 0 aliphatic carbocycles. The Hall–Kier alpha value is -3.03. The summed E-state index contributed by atoms with van der Waals surface area (Å²) >= 11 is 0. The summed E-state index contributed by atoms with van der Waals surface area (Å²) in [7, 11) is 18.9. The number of nitrogens with zero attached hydrogens (tertiary/aromatic N) is 2. The Labute approximate surface area is 547 Å². The number of piperidine rings is 1. The summed E-state index contributed by atoms with van der Waals surface area (Å²) in [6, 6.07) is 34.6. The van der Waals surface area contributed by atoms with Crippen molar-refractivity contribution < 1.29 is 70.2 Å². The van der Waals surface area contributed by atoms with E-state index in [1.54, 1.807) is 48.5 Å². The zero-order chi connectivity index (χ0) is 66.2. The van der Waals surface area contributed by atoms with E-state index in [2.05, 4.69) is 96.7 Å². The Kier molecular flexibility index (Phi) is 29.2. The van der Waals surface area contributed by atoms with E-state index in [1.165, 1.54) is 78.9 Å². The molecule has 8 atom stereocenters. The highest BCUT2D eigenvalue weighted by atomic mass is 33.2. The lowest BCUT2D eigenvalue weighted by Crippen LogP contribution is -2.42. The Morgan fingerprint density at radius 1 is 0.637 bits per heavy atom. The maximum absolute atomic E-state index is 13.0. The molecule has 6 aliphatic heterocycles. The summed E-state index contributed by atoms with van der Waals surface area (Å²) < 4.78 is 73.5. The maximum atomic E-state index is 13.0. The van der Waals surface area contributed by atoms with Crippen molar-refractivity contribution in [3.63, 3.8) is 0 Å². The van der Waals surface area contributed by atoms with Crippen LogP contribution in [0.25, 0.3) is 11.0 Å². The molecule has 1 spiro atoms. The Morgan fingerprint density at radius 2 is 1.11 bits per heavy atom. The van der Waals surface area contributed by atoms with Gasteiger partial charge in [-0.1, -0.05) is 63.3 Å². The molecule has 16 nitrogen and oxygen atoms in total. The molecule has 8 unspecified atom stereocenters. The third-order valence-electron chi connectivity index (χ3n) is 15.1. The van der Waals surface area contributed by atoms with Crippen LogP contribution < -0.4 is 31.7 Å². The fraction of sp³-hybridized carbons (Fsp3) is 0.288. The number of hydroxylamine groups is 4. The Bertz CT molecular complexity index is 3490. The van der Waals surface area contributed by atoms with E-state index >= 15 is 0 Å². The number of nitrogens with two attached hydrogens (primary N) is 1. The van der Waals surface area contributed by atoms with Crippen LogP contribution in [0.4, 0.5) is 17.6 Å². The molecule has 91 heavy (non-hydrogen) atoms. The van der Waals surface area contributed by atoms with Crippen molar-refractivity contribution >= 4 is 136 Å². The average Bonchev–Trinajstić information content (AvgIpc) is 1.74. The van der Waals surface area contributed by atoms with Crippen LogP contribution in [0.1, 0.15) is 93.3 Å². The molecule has 6 aliphatic rings. The summed E-state index contributed by atoms with van der Waals surface area (Å²) in [5.41, 5.74) is 4.10. The quantitative estimate of drug-likeness (QED) is 0.0279. The Morgan fingerprint density at radius 3 is 1.56 bits per heavy atom. The number of fused-ring (bicyclic) bond motifs is 5. The van der Waals surface area contributed by atoms with Crippen molar-refractivity contribution in [3.8, 4) is 11.5 Å². The minimum absolute atomic E-state index is 0.0885. The molecule has 3 fully saturated rings. The van der Waals surface area contributed by atoms with Crippen LogP contribution in [0.15, 0.2) is 144 Å². The molecule has 4 amide bonds. The number of hydrogen-bond acceptors (Lipinski definition) is 14. The van der Waals surface area contributed by atoms with Crippen LogP contribution in [0.3, 0.4) is 0 Å². The number of ether oxygens (including phenoxy) is 2. The molecule has 13 rings (SSSR count). The smallest absolute Gasteiger partial charge is 0.327 e. The molecule has 7 heterocycles. The van der Waals surface area contributed by atoms with Crippen molar-refractivity contribution in [2.75, 3.05) is 32.8 Å². The van der Waals surface area contributed by atoms with Gasteiger partial charge in [-0.15, -0.1) is 58.6 Å². The second kappa shape index (κ2) is 35.3. The first-order valence-corrected chi connectivity index (χ1v) is 47.4. The van der Waals surface area contributed by atoms with Crippen molar-refractivity contribution in [2.45, 2.75) is 71.2 Å². The molecule has 3 saturated heterocycles. The minimum Gasteiger partial charge on any atom is -0.461 e. The van der Waals surface area contributed by atoms with E-state index in [-0.39, 0.29) is 91.1 Å². The molecule has 0 saturated carbocycles. The van der Waals surface area contributed by atoms with Gasteiger partial charge in [-0.3, -0.25) is 24.4 Å². The fourth-order valence-electron chi connectivity index (χ4n) is 9.64. The van der Waals surface area contributed by atoms with Crippen LogP contribution in [-0.2, 0) is 27.1 Å². The highest BCUT2D eigenvalue weighted by molar-refractivity contribution is 9.18. The van der Waals surface area contributed by atoms with Crippen molar-refractivity contribution in [3.05, 3.63) is 196 Å². The third kappa shape index (κ3) is 20.5. The lowest BCUT2D eigenvalue weighted by atomic mass is 9.54. The van der Waals surface area contributed by atoms with E-state index in [1.807, 2.05) is 12.1 Å². The topological polar surface area (TPSA) is 204 Å². The number of halogens is 4. The number of rotatable bonds is 8. The summed E-state index contributed by atoms with van der Waals surface area (Å²) in [6.07, 6.45) is 3.89. The van der Waals surface area contributed by atoms with E-state index in [4.69, 9.17) is 34.5 Å². The van der Waals surface area contributed by atoms with Gasteiger partial charge >= 0.3 is 6.92 Å². The number of benzene rings is 6. The lowest BCUT2D eigenvalue weighted by Gasteiger charge is -2.34. The average molecular weight is 1460 g/mol. The zero-order valence-electron chi connectivity index (χ0n) is 50.2. The minimum atomic E-state index is -0.657. The number of hydrogen-bond donors (Lipinski definition) is 4. The number of nitrogens with one attached hydrogen (secondary N) is 2. The summed E-state index contributed by atoms with van der Waals surface area (Å²) in [4.78, 5) is 55.6. The van der Waals surface area contributed by atoms with E-state index in [0.717, 1.165) is 101 Å². The fourth-order valence-corrected chi connectivity index (χ4v) is 105. The highest BCUT2D eigenvalue weighted by Crippen LogP contribution is 3.12. The molecule has 0 radical (unpaired) electrons. The molecular formula is C59H73BF4N5O11P11. The van der Waals surface area contributed by atoms with Crippen molar-refractivity contribution in [2.24, 2.45) is 11.3 Å². The first-order chi connectivity index (χ1) is 43.3. The normalized spacial score (nSPS) is 17.5. The standard InChI is InChI=1S/C14H8FNO3.C13H18BFO.C11H10FNO.C8H5NO3.C7H13NO2.C6H6FNO.H13P11/c15-9-5-7-10(8-6-9)19-16-13(17)11-3-1-2-4-12(11)14(16)18;1-12(2)9-14(16-13(12,3)4)10-5-7-11(15)8-6-10;12-7-1-2-10-8(5-7)9-6-13-4-3-11(9)14-10;10-7-5-3-1-2-4-6(5)8(11)9(7)12;1-3-8-4-2-7(1)9-5-6-10-7;7-5-1-3-6(9-8)4-2-5;1-7-10(6)11(8(2)3)9(4)5/h1-8H;5-8H,9H2,1-4H3;1-2,5,13H,3-4,6H2;1-4,12H;8H,1-6H2;1-4H,8H2;7H,1-6H2. The van der Waals surface area contributed by atoms with Crippen LogP contribution in [0.5, 0.6) is 11.5 Å². The van der Waals surface area contributed by atoms with Gasteiger partial charge < -0.3 is 38.9 Å². The van der Waals surface area contributed by atoms with Gasteiger partial charge in [-0.2, -0.15) is 5.90 Å². The maximum Gasteiger partial charge on any atom is 0.327 e. The molecule has 5 N–H and O–H groups in total. The predicted octanol–water partition coefficient (Wildman–Crippen LogP) is 15.3. The number of amides is 4. The van der Waals surface area contributed by atoms with Gasteiger partial charge in [0.05, 0.1) is 41.1 Å². The molecule has 486 valence electrons. The zero-order valence-corrected chi connectivity index (χ0v) is 61.7. The second-order valence-corrected chi connectivity index (χ2v) is 60.8. The number of carbonyl (C=O) groups is 4. The second-order valence-electron chi connectivity index (χ2n) is 21.7. The summed E-state index contributed by atoms with van der Waals surface area (Å²) in [5.74, 6) is 2.79. The van der Waals surface area contributed by atoms with Crippen LogP contribution in [0.2, 0.25) is 6.32 Å². The van der Waals surface area contributed by atoms with Gasteiger partial charge in [0.25, 0.3) is 23.6 Å². The molecular weight excluding hydrogens is 1380 g/mol. The van der Waals surface area contributed by atoms with Crippen LogP contribution in [-0.4, -0.2) is 90.1 Å². The van der Waals surface area contributed by atoms with Gasteiger partial charge in [0, 0.05) is 56.4 Å². The third-order valence-corrected chi connectivity index (χ3v) is 74.1. The van der Waals surface area contributed by atoms with Crippen LogP contribution >= 0.6 is 89.5 Å². The largest absolute Gasteiger partial charge is 0.461 e. The van der Waals surface area contributed by atoms with Gasteiger partial charge in [0.15, 0.2) is 11.5 Å². The number of imide groups is 2. The van der Waals surface area contributed by atoms with Gasteiger partial charge in [0.1, 0.15) is 40.4 Å². The first-order valence-electron chi connectivity index (χ1n) is 28.2. The summed E-state index contributed by atoms with van der Waals surface area (Å²) in [6.45, 7) is 14.9. The number of carbonyl (C=O) groups excluding carboxylic acids is 4. The van der Waals surface area contributed by atoms with E-state index in [9.17, 15) is 36.7 Å². The van der Waals surface area contributed by atoms with Crippen molar-refractivity contribution in [1.82, 2.24) is 20.8 Å². The highest BCUT2D eigenvalue weighted by Gasteiger charge is 2.50. The van der Waals surface area contributed by atoms with E-state index in [0.29, 0.717) is 21.9 Å². The van der Waals surface area contributed by atoms with E-state index < -0.39 is 29.4 Å². The first kappa shape index (κ1) is 75.4. The van der Waals surface area contributed by atoms with Crippen LogP contribution in [0, 0.1) is 28.7 Å². The molecule has 7 aromatic rings. The molecule has 1 aromatic heterocycles. The number of furan rings is 1. The van der Waals surface area contributed by atoms with Gasteiger partial charge in [-0.05, 0) is 162 Å². The predicted molar refractivity (Wildman–Crippen MR) is 382 cm³/mol. The monoisotopic (exact) mass is 1460 g/mol. The summed E-state index contributed by atoms with van der Waals surface area (Å²) in [5, 5.41) is 17.2.